The Labute approximate surface area is 100 Å². The summed E-state index contributed by atoms with van der Waals surface area (Å²) >= 11 is 0. The lowest BCUT2D eigenvalue weighted by Crippen LogP contribution is -2.44. The third kappa shape index (κ3) is 2.42. The minimum absolute atomic E-state index is 0.254. The van der Waals surface area contributed by atoms with Crippen LogP contribution in [0.1, 0.15) is 18.9 Å². The summed E-state index contributed by atoms with van der Waals surface area (Å²) < 4.78 is 0. The summed E-state index contributed by atoms with van der Waals surface area (Å²) in [6.45, 7) is 2.39. The highest BCUT2D eigenvalue weighted by atomic mass is 16.4. The second kappa shape index (κ2) is 4.37. The Balaban J connectivity index is 2.04. The zero-order chi connectivity index (χ0) is 12.5. The van der Waals surface area contributed by atoms with Crippen LogP contribution in [0.15, 0.2) is 24.3 Å². The molecular weight excluding hydrogens is 218 g/mol. The maximum Gasteiger partial charge on any atom is 0.323 e. The van der Waals surface area contributed by atoms with Crippen molar-refractivity contribution in [2.24, 2.45) is 5.92 Å². The van der Waals surface area contributed by atoms with E-state index in [9.17, 15) is 9.90 Å². The predicted octanol–water partition coefficient (Wildman–Crippen LogP) is 1.39. The highest BCUT2D eigenvalue weighted by molar-refractivity contribution is 5.78. The Kier molecular flexibility index (Phi) is 3.07. The van der Waals surface area contributed by atoms with E-state index in [1.165, 1.54) is 0 Å². The van der Waals surface area contributed by atoms with Crippen LogP contribution >= 0.6 is 0 Å². The van der Waals surface area contributed by atoms with Gasteiger partial charge in [0, 0.05) is 0 Å². The monoisotopic (exact) mass is 235 g/mol. The maximum atomic E-state index is 11.1. The van der Waals surface area contributed by atoms with Crippen molar-refractivity contribution in [2.45, 2.75) is 25.3 Å². The fourth-order valence-electron chi connectivity index (χ4n) is 2.39. The van der Waals surface area contributed by atoms with Gasteiger partial charge in [0.1, 0.15) is 11.3 Å². The molecule has 1 aliphatic heterocycles. The Bertz CT molecular complexity index is 432. The van der Waals surface area contributed by atoms with Crippen LogP contribution in [0.2, 0.25) is 0 Å². The SMILES string of the molecule is CC1(C(=O)O)CC(Cc2ccccc2O)CN1. The summed E-state index contributed by atoms with van der Waals surface area (Å²) in [6, 6.07) is 7.21. The second-order valence-corrected chi connectivity index (χ2v) is 4.92. The minimum Gasteiger partial charge on any atom is -0.508 e. The lowest BCUT2D eigenvalue weighted by Gasteiger charge is -2.18. The predicted molar refractivity (Wildman–Crippen MR) is 64.0 cm³/mol. The quantitative estimate of drug-likeness (QED) is 0.740. The number of phenols is 1. The van der Waals surface area contributed by atoms with Crippen molar-refractivity contribution in [3.63, 3.8) is 0 Å². The van der Waals surface area contributed by atoms with Gasteiger partial charge in [-0.3, -0.25) is 4.79 Å². The van der Waals surface area contributed by atoms with Gasteiger partial charge in [-0.2, -0.15) is 0 Å². The van der Waals surface area contributed by atoms with Crippen molar-refractivity contribution in [2.75, 3.05) is 6.54 Å². The number of nitrogens with one attached hydrogen (secondary N) is 1. The molecule has 1 fully saturated rings. The standard InChI is InChI=1S/C13H17NO3/c1-13(12(16)17)7-9(8-14-13)6-10-4-2-3-5-11(10)15/h2-5,9,14-15H,6-8H2,1H3,(H,16,17). The average molecular weight is 235 g/mol. The molecule has 0 radical (unpaired) electrons. The van der Waals surface area contributed by atoms with E-state index >= 15 is 0 Å². The minimum atomic E-state index is -0.824. The highest BCUT2D eigenvalue weighted by Crippen LogP contribution is 2.29. The van der Waals surface area contributed by atoms with Crippen molar-refractivity contribution in [1.29, 1.82) is 0 Å². The summed E-state index contributed by atoms with van der Waals surface area (Å²) in [5.41, 5.74) is 0.0589. The molecule has 2 atom stereocenters. The molecule has 3 N–H and O–H groups in total. The molecule has 2 rings (SSSR count). The first-order valence-corrected chi connectivity index (χ1v) is 5.76. The molecule has 0 aliphatic carbocycles. The number of carboxylic acids is 1. The first kappa shape index (κ1) is 11.9. The first-order valence-electron chi connectivity index (χ1n) is 5.76. The van der Waals surface area contributed by atoms with Crippen LogP contribution in [0, 0.1) is 5.92 Å². The molecule has 0 amide bonds. The Morgan fingerprint density at radius 3 is 2.82 bits per heavy atom. The third-order valence-corrected chi connectivity index (χ3v) is 3.45. The van der Waals surface area contributed by atoms with Crippen molar-refractivity contribution >= 4 is 5.97 Å². The number of rotatable bonds is 3. The lowest BCUT2D eigenvalue weighted by molar-refractivity contribution is -0.143. The molecule has 0 saturated carbocycles. The molecule has 4 heteroatoms. The number of benzene rings is 1. The number of phenolic OH excluding ortho intramolecular Hbond substituents is 1. The van der Waals surface area contributed by atoms with Gasteiger partial charge in [0.2, 0.25) is 0 Å². The number of hydrogen-bond acceptors (Lipinski definition) is 3. The molecule has 4 nitrogen and oxygen atoms in total. The molecule has 0 spiro atoms. The first-order chi connectivity index (χ1) is 8.01. The molecule has 17 heavy (non-hydrogen) atoms. The van der Waals surface area contributed by atoms with Crippen LogP contribution in [0.4, 0.5) is 0 Å². The normalized spacial score (nSPS) is 28.2. The topological polar surface area (TPSA) is 69.6 Å². The average Bonchev–Trinajstić information content (AvgIpc) is 2.65. The van der Waals surface area contributed by atoms with E-state index in [4.69, 9.17) is 5.11 Å². The van der Waals surface area contributed by atoms with Gasteiger partial charge in [-0.1, -0.05) is 18.2 Å². The zero-order valence-corrected chi connectivity index (χ0v) is 9.81. The number of hydrogen-bond donors (Lipinski definition) is 3. The van der Waals surface area contributed by atoms with E-state index < -0.39 is 11.5 Å². The van der Waals surface area contributed by atoms with Crippen molar-refractivity contribution in [1.82, 2.24) is 5.32 Å². The van der Waals surface area contributed by atoms with E-state index in [2.05, 4.69) is 5.32 Å². The Morgan fingerprint density at radius 1 is 1.53 bits per heavy atom. The van der Waals surface area contributed by atoms with Gasteiger partial charge in [-0.05, 0) is 43.9 Å². The van der Waals surface area contributed by atoms with Crippen LogP contribution in [-0.4, -0.2) is 28.3 Å². The number of para-hydroxylation sites is 1. The number of carbonyl (C=O) groups is 1. The highest BCUT2D eigenvalue weighted by Gasteiger charge is 2.40. The molecular formula is C13H17NO3. The lowest BCUT2D eigenvalue weighted by atomic mass is 9.90. The van der Waals surface area contributed by atoms with Crippen LogP contribution in [0.3, 0.4) is 0 Å². The van der Waals surface area contributed by atoms with E-state index in [-0.39, 0.29) is 11.7 Å². The molecule has 2 unspecified atom stereocenters. The molecule has 1 aromatic rings. The number of aliphatic carboxylic acids is 1. The Morgan fingerprint density at radius 2 is 2.24 bits per heavy atom. The smallest absolute Gasteiger partial charge is 0.323 e. The van der Waals surface area contributed by atoms with Crippen LogP contribution in [0.5, 0.6) is 5.75 Å². The van der Waals surface area contributed by atoms with Crippen LogP contribution in [0.25, 0.3) is 0 Å². The molecule has 92 valence electrons. The molecule has 1 heterocycles. The molecule has 0 bridgehead atoms. The van der Waals surface area contributed by atoms with E-state index in [0.29, 0.717) is 19.4 Å². The number of aromatic hydroxyl groups is 1. The van der Waals surface area contributed by atoms with Gasteiger partial charge in [0.05, 0.1) is 0 Å². The summed E-state index contributed by atoms with van der Waals surface area (Å²) in [6.07, 6.45) is 1.30. The van der Waals surface area contributed by atoms with E-state index in [1.54, 1.807) is 19.1 Å². The van der Waals surface area contributed by atoms with E-state index in [0.717, 1.165) is 5.56 Å². The zero-order valence-electron chi connectivity index (χ0n) is 9.81. The Hall–Kier alpha value is -1.55. The number of carboxylic acid groups (broad SMARTS) is 1. The summed E-state index contributed by atoms with van der Waals surface area (Å²) in [5, 5.41) is 21.8. The maximum absolute atomic E-state index is 11.1. The van der Waals surface area contributed by atoms with Crippen LogP contribution < -0.4 is 5.32 Å². The summed E-state index contributed by atoms with van der Waals surface area (Å²) in [7, 11) is 0. The summed E-state index contributed by atoms with van der Waals surface area (Å²) in [5.74, 6) is -0.266. The second-order valence-electron chi connectivity index (χ2n) is 4.92. The van der Waals surface area contributed by atoms with E-state index in [1.807, 2.05) is 12.1 Å². The van der Waals surface area contributed by atoms with Gasteiger partial charge in [0.25, 0.3) is 0 Å². The van der Waals surface area contributed by atoms with Gasteiger partial charge in [0.15, 0.2) is 0 Å². The molecule has 1 aromatic carbocycles. The van der Waals surface area contributed by atoms with Gasteiger partial charge >= 0.3 is 5.97 Å². The summed E-state index contributed by atoms with van der Waals surface area (Å²) in [4.78, 5) is 11.1. The van der Waals surface area contributed by atoms with Gasteiger partial charge in [-0.15, -0.1) is 0 Å². The molecule has 1 aliphatic rings. The third-order valence-electron chi connectivity index (χ3n) is 3.45. The van der Waals surface area contributed by atoms with Crippen molar-refractivity contribution in [3.8, 4) is 5.75 Å². The fourth-order valence-corrected chi connectivity index (χ4v) is 2.39. The fraction of sp³-hybridized carbons (Fsp3) is 0.462. The van der Waals surface area contributed by atoms with Gasteiger partial charge < -0.3 is 15.5 Å². The molecule has 1 saturated heterocycles. The van der Waals surface area contributed by atoms with Crippen molar-refractivity contribution in [3.05, 3.63) is 29.8 Å². The van der Waals surface area contributed by atoms with Crippen molar-refractivity contribution < 1.29 is 15.0 Å². The van der Waals surface area contributed by atoms with Gasteiger partial charge in [-0.25, -0.2) is 0 Å². The largest absolute Gasteiger partial charge is 0.508 e. The van der Waals surface area contributed by atoms with Crippen LogP contribution in [-0.2, 0) is 11.2 Å². The molecule has 0 aromatic heterocycles.